The van der Waals surface area contributed by atoms with Gasteiger partial charge in [0.2, 0.25) is 5.91 Å². The van der Waals surface area contributed by atoms with E-state index in [0.717, 1.165) is 18.8 Å². The van der Waals surface area contributed by atoms with Gasteiger partial charge in [0.1, 0.15) is 0 Å². The van der Waals surface area contributed by atoms with Gasteiger partial charge >= 0.3 is 0 Å². The van der Waals surface area contributed by atoms with E-state index in [2.05, 4.69) is 33.4 Å². The lowest BCUT2D eigenvalue weighted by Crippen LogP contribution is -2.33. The Kier molecular flexibility index (Phi) is 3.28. The number of hydrogen-bond donors (Lipinski definition) is 1. The standard InChI is InChI=1S/C10H19NOS/c1-10(2,3)7-11-5-8(6-13)4-9(11)12/h8,13H,4-7H2,1-3H3. The van der Waals surface area contributed by atoms with E-state index in [9.17, 15) is 4.79 Å². The zero-order chi connectivity index (χ0) is 10.1. The minimum atomic E-state index is 0.209. The number of amides is 1. The first-order chi connectivity index (χ1) is 5.92. The maximum atomic E-state index is 11.5. The van der Waals surface area contributed by atoms with Crippen LogP contribution in [0, 0.1) is 11.3 Å². The first-order valence-electron chi connectivity index (χ1n) is 4.81. The molecule has 76 valence electrons. The lowest BCUT2D eigenvalue weighted by molar-refractivity contribution is -0.128. The summed E-state index contributed by atoms with van der Waals surface area (Å²) in [7, 11) is 0. The van der Waals surface area contributed by atoms with Crippen LogP contribution >= 0.6 is 12.6 Å². The van der Waals surface area contributed by atoms with Crippen molar-refractivity contribution >= 4 is 18.5 Å². The van der Waals surface area contributed by atoms with Gasteiger partial charge in [0.25, 0.3) is 0 Å². The number of carbonyl (C=O) groups is 1. The first-order valence-corrected chi connectivity index (χ1v) is 5.44. The Bertz CT molecular complexity index is 198. The minimum absolute atomic E-state index is 0.209. The smallest absolute Gasteiger partial charge is 0.222 e. The fourth-order valence-electron chi connectivity index (χ4n) is 1.70. The summed E-state index contributed by atoms with van der Waals surface area (Å²) >= 11 is 4.23. The van der Waals surface area contributed by atoms with Gasteiger partial charge in [0, 0.05) is 19.5 Å². The van der Waals surface area contributed by atoms with Gasteiger partial charge in [-0.2, -0.15) is 12.6 Å². The van der Waals surface area contributed by atoms with Crippen molar-refractivity contribution in [3.63, 3.8) is 0 Å². The average molecular weight is 201 g/mol. The second-order valence-electron chi connectivity index (χ2n) is 5.09. The molecule has 13 heavy (non-hydrogen) atoms. The normalized spacial score (nSPS) is 24.2. The van der Waals surface area contributed by atoms with E-state index in [1.54, 1.807) is 0 Å². The summed E-state index contributed by atoms with van der Waals surface area (Å²) in [6.07, 6.45) is 0.694. The molecule has 2 nitrogen and oxygen atoms in total. The van der Waals surface area contributed by atoms with E-state index in [-0.39, 0.29) is 5.41 Å². The van der Waals surface area contributed by atoms with Gasteiger partial charge in [-0.25, -0.2) is 0 Å². The number of carbonyl (C=O) groups excluding carboxylic acids is 1. The summed E-state index contributed by atoms with van der Waals surface area (Å²) < 4.78 is 0. The van der Waals surface area contributed by atoms with Gasteiger partial charge in [0.15, 0.2) is 0 Å². The van der Waals surface area contributed by atoms with Crippen LogP contribution in [-0.4, -0.2) is 29.6 Å². The predicted molar refractivity (Wildman–Crippen MR) is 58.0 cm³/mol. The number of hydrogen-bond acceptors (Lipinski definition) is 2. The number of thiol groups is 1. The third-order valence-electron chi connectivity index (χ3n) is 2.22. The van der Waals surface area contributed by atoms with E-state index in [1.807, 2.05) is 4.90 Å². The highest BCUT2D eigenvalue weighted by Crippen LogP contribution is 2.23. The van der Waals surface area contributed by atoms with E-state index >= 15 is 0 Å². The molecule has 0 aromatic carbocycles. The molecule has 0 spiro atoms. The number of nitrogens with zero attached hydrogens (tertiary/aromatic N) is 1. The monoisotopic (exact) mass is 201 g/mol. The van der Waals surface area contributed by atoms with E-state index in [1.165, 1.54) is 0 Å². The van der Waals surface area contributed by atoms with Crippen LogP contribution in [0.5, 0.6) is 0 Å². The van der Waals surface area contributed by atoms with Crippen LogP contribution < -0.4 is 0 Å². The summed E-state index contributed by atoms with van der Waals surface area (Å²) in [5, 5.41) is 0. The van der Waals surface area contributed by atoms with Crippen molar-refractivity contribution < 1.29 is 4.79 Å². The quantitative estimate of drug-likeness (QED) is 0.676. The second kappa shape index (κ2) is 3.91. The van der Waals surface area contributed by atoms with Gasteiger partial charge in [-0.15, -0.1) is 0 Å². The van der Waals surface area contributed by atoms with Gasteiger partial charge in [0.05, 0.1) is 0 Å². The van der Waals surface area contributed by atoms with Crippen LogP contribution in [0.25, 0.3) is 0 Å². The van der Waals surface area contributed by atoms with Crippen LogP contribution in [0.4, 0.5) is 0 Å². The van der Waals surface area contributed by atoms with E-state index in [0.29, 0.717) is 18.2 Å². The van der Waals surface area contributed by atoms with Gasteiger partial charge in [-0.3, -0.25) is 4.79 Å². The first kappa shape index (κ1) is 10.9. The van der Waals surface area contributed by atoms with Crippen molar-refractivity contribution in [3.05, 3.63) is 0 Å². The predicted octanol–water partition coefficient (Wildman–Crippen LogP) is 1.81. The molecule has 1 saturated heterocycles. The molecular formula is C10H19NOS. The van der Waals surface area contributed by atoms with Crippen LogP contribution in [-0.2, 0) is 4.79 Å². The molecular weight excluding hydrogens is 182 g/mol. The molecule has 0 bridgehead atoms. The maximum Gasteiger partial charge on any atom is 0.222 e. The van der Waals surface area contributed by atoms with Crippen molar-refractivity contribution in [2.45, 2.75) is 27.2 Å². The Hall–Kier alpha value is -0.180. The number of likely N-dealkylation sites (tertiary alicyclic amines) is 1. The summed E-state index contributed by atoms with van der Waals surface area (Å²) in [6.45, 7) is 8.26. The Morgan fingerprint density at radius 2 is 2.15 bits per heavy atom. The summed E-state index contributed by atoms with van der Waals surface area (Å²) in [5.74, 6) is 1.60. The van der Waals surface area contributed by atoms with Gasteiger partial charge < -0.3 is 4.90 Å². The van der Waals surface area contributed by atoms with E-state index < -0.39 is 0 Å². The lowest BCUT2D eigenvalue weighted by atomic mass is 9.96. The maximum absolute atomic E-state index is 11.5. The van der Waals surface area contributed by atoms with Crippen molar-refractivity contribution in [1.82, 2.24) is 4.90 Å². The molecule has 0 aliphatic carbocycles. The Morgan fingerprint density at radius 1 is 1.54 bits per heavy atom. The largest absolute Gasteiger partial charge is 0.342 e. The highest BCUT2D eigenvalue weighted by molar-refractivity contribution is 7.80. The molecule has 1 rings (SSSR count). The molecule has 0 radical (unpaired) electrons. The molecule has 1 heterocycles. The van der Waals surface area contributed by atoms with Crippen LogP contribution in [0.2, 0.25) is 0 Å². The zero-order valence-corrected chi connectivity index (χ0v) is 9.60. The van der Waals surface area contributed by atoms with Crippen molar-refractivity contribution in [3.8, 4) is 0 Å². The molecule has 1 amide bonds. The molecule has 0 aromatic heterocycles. The molecule has 1 aliphatic rings. The molecule has 1 fully saturated rings. The summed E-state index contributed by atoms with van der Waals surface area (Å²) in [6, 6.07) is 0. The van der Waals surface area contributed by atoms with Crippen LogP contribution in [0.15, 0.2) is 0 Å². The molecule has 1 atom stereocenters. The SMILES string of the molecule is CC(C)(C)CN1CC(CS)CC1=O. The van der Waals surface area contributed by atoms with Crippen LogP contribution in [0.3, 0.4) is 0 Å². The molecule has 1 unspecified atom stereocenters. The highest BCUT2D eigenvalue weighted by Gasteiger charge is 2.30. The van der Waals surface area contributed by atoms with E-state index in [4.69, 9.17) is 0 Å². The Balaban J connectivity index is 2.49. The molecule has 0 aromatic rings. The topological polar surface area (TPSA) is 20.3 Å². The van der Waals surface area contributed by atoms with Gasteiger partial charge in [-0.05, 0) is 17.1 Å². The third-order valence-corrected chi connectivity index (χ3v) is 2.73. The Labute approximate surface area is 86.1 Å². The van der Waals surface area contributed by atoms with Crippen molar-refractivity contribution in [2.24, 2.45) is 11.3 Å². The average Bonchev–Trinajstić information content (AvgIpc) is 2.29. The Morgan fingerprint density at radius 3 is 2.54 bits per heavy atom. The fraction of sp³-hybridized carbons (Fsp3) is 0.900. The van der Waals surface area contributed by atoms with Crippen molar-refractivity contribution in [1.29, 1.82) is 0 Å². The zero-order valence-electron chi connectivity index (χ0n) is 8.71. The lowest BCUT2D eigenvalue weighted by Gasteiger charge is -2.26. The highest BCUT2D eigenvalue weighted by atomic mass is 32.1. The summed E-state index contributed by atoms with van der Waals surface area (Å²) in [4.78, 5) is 13.5. The summed E-state index contributed by atoms with van der Waals surface area (Å²) in [5.41, 5.74) is 0.209. The van der Waals surface area contributed by atoms with Gasteiger partial charge in [-0.1, -0.05) is 20.8 Å². The molecule has 0 saturated carbocycles. The third kappa shape index (κ3) is 3.22. The molecule has 0 N–H and O–H groups in total. The van der Waals surface area contributed by atoms with Crippen LogP contribution in [0.1, 0.15) is 27.2 Å². The molecule has 1 aliphatic heterocycles. The molecule has 3 heteroatoms. The van der Waals surface area contributed by atoms with Crippen molar-refractivity contribution in [2.75, 3.05) is 18.8 Å². The second-order valence-corrected chi connectivity index (χ2v) is 5.45. The number of rotatable bonds is 2. The minimum Gasteiger partial charge on any atom is -0.342 e. The fourth-order valence-corrected chi connectivity index (χ4v) is 1.95.